The fourth-order valence-corrected chi connectivity index (χ4v) is 2.34. The molecule has 2 rings (SSSR count). The van der Waals surface area contributed by atoms with E-state index in [1.54, 1.807) is 6.92 Å². The number of nitrogens with one attached hydrogen (secondary N) is 1. The minimum atomic E-state index is -0.632. The Hall–Kier alpha value is -2.48. The molecule has 0 fully saturated rings. The smallest absolute Gasteiger partial charge is 0.312 e. The Labute approximate surface area is 136 Å². The van der Waals surface area contributed by atoms with Crippen LogP contribution >= 0.6 is 11.6 Å². The molecule has 0 aliphatic carbocycles. The molecule has 0 saturated carbocycles. The van der Waals surface area contributed by atoms with Crippen molar-refractivity contribution in [3.8, 4) is 0 Å². The Bertz CT molecular complexity index is 776. The normalized spacial score (nSPS) is 10.6. The van der Waals surface area contributed by atoms with Crippen LogP contribution in [0.1, 0.15) is 17.8 Å². The molecular formula is C14H14ClFN4O3. The van der Waals surface area contributed by atoms with Crippen molar-refractivity contribution in [1.82, 2.24) is 9.78 Å². The predicted octanol–water partition coefficient (Wildman–Crippen LogP) is 3.23. The molecule has 122 valence electrons. The van der Waals surface area contributed by atoms with Crippen molar-refractivity contribution in [3.63, 3.8) is 0 Å². The molecule has 1 aromatic carbocycles. The molecule has 0 unspecified atom stereocenters. The van der Waals surface area contributed by atoms with E-state index in [1.807, 2.05) is 0 Å². The zero-order valence-electron chi connectivity index (χ0n) is 12.5. The van der Waals surface area contributed by atoms with Gasteiger partial charge in [-0.3, -0.25) is 19.6 Å². The highest BCUT2D eigenvalue weighted by molar-refractivity contribution is 6.30. The van der Waals surface area contributed by atoms with Crippen LogP contribution in [-0.2, 0) is 11.3 Å². The number of halogens is 2. The van der Waals surface area contributed by atoms with Crippen molar-refractivity contribution >= 4 is 28.9 Å². The topological polar surface area (TPSA) is 90.1 Å². The SMILES string of the molecule is Cc1nn(CCC(=O)Nc2ccc(Cl)cc2F)c(C)c1[N+](=O)[O-]. The van der Waals surface area contributed by atoms with Gasteiger partial charge < -0.3 is 5.32 Å². The standard InChI is InChI=1S/C14H14ClFN4O3/c1-8-14(20(22)23)9(2)19(18-8)6-5-13(21)17-12-4-3-10(15)7-11(12)16/h3-4,7H,5-6H2,1-2H3,(H,17,21). The van der Waals surface area contributed by atoms with E-state index in [0.717, 1.165) is 6.07 Å². The molecule has 0 bridgehead atoms. The number of nitrogens with zero attached hydrogens (tertiary/aromatic N) is 3. The van der Waals surface area contributed by atoms with Crippen LogP contribution in [0.3, 0.4) is 0 Å². The number of amides is 1. The summed E-state index contributed by atoms with van der Waals surface area (Å²) in [5.74, 6) is -1.06. The molecule has 0 aliphatic rings. The van der Waals surface area contributed by atoms with E-state index >= 15 is 0 Å². The summed E-state index contributed by atoms with van der Waals surface area (Å²) < 4.78 is 15.0. The van der Waals surface area contributed by atoms with E-state index in [4.69, 9.17) is 11.6 Å². The monoisotopic (exact) mass is 340 g/mol. The second-order valence-electron chi connectivity index (χ2n) is 4.92. The quantitative estimate of drug-likeness (QED) is 0.668. The summed E-state index contributed by atoms with van der Waals surface area (Å²) in [7, 11) is 0. The summed E-state index contributed by atoms with van der Waals surface area (Å²) >= 11 is 5.64. The zero-order valence-corrected chi connectivity index (χ0v) is 13.2. The molecule has 9 heteroatoms. The molecule has 1 amide bonds. The van der Waals surface area contributed by atoms with E-state index < -0.39 is 16.6 Å². The van der Waals surface area contributed by atoms with E-state index in [0.29, 0.717) is 5.69 Å². The maximum atomic E-state index is 13.6. The van der Waals surface area contributed by atoms with Crippen molar-refractivity contribution in [2.75, 3.05) is 5.32 Å². The molecule has 2 aromatic rings. The molecule has 0 saturated heterocycles. The molecule has 1 heterocycles. The van der Waals surface area contributed by atoms with Gasteiger partial charge in [0.2, 0.25) is 5.91 Å². The van der Waals surface area contributed by atoms with Gasteiger partial charge in [-0.15, -0.1) is 0 Å². The fourth-order valence-electron chi connectivity index (χ4n) is 2.18. The number of aryl methyl sites for hydroxylation is 2. The van der Waals surface area contributed by atoms with E-state index in [9.17, 15) is 19.3 Å². The van der Waals surface area contributed by atoms with Gasteiger partial charge in [0.05, 0.1) is 17.2 Å². The van der Waals surface area contributed by atoms with E-state index in [1.165, 1.54) is 23.7 Å². The molecule has 0 radical (unpaired) electrons. The highest BCUT2D eigenvalue weighted by Crippen LogP contribution is 2.22. The van der Waals surface area contributed by atoms with Gasteiger partial charge in [0.1, 0.15) is 17.2 Å². The second-order valence-corrected chi connectivity index (χ2v) is 5.36. The van der Waals surface area contributed by atoms with Gasteiger partial charge in [-0.2, -0.15) is 5.10 Å². The Kier molecular flexibility index (Phi) is 4.95. The van der Waals surface area contributed by atoms with Gasteiger partial charge in [0.15, 0.2) is 0 Å². The Morgan fingerprint density at radius 3 is 2.74 bits per heavy atom. The van der Waals surface area contributed by atoms with Crippen molar-refractivity contribution in [2.24, 2.45) is 0 Å². The molecular weight excluding hydrogens is 327 g/mol. The van der Waals surface area contributed by atoms with Gasteiger partial charge in [-0.05, 0) is 32.0 Å². The Morgan fingerprint density at radius 1 is 1.48 bits per heavy atom. The minimum absolute atomic E-state index is 0.00117. The lowest BCUT2D eigenvalue weighted by atomic mass is 10.3. The van der Waals surface area contributed by atoms with Crippen LogP contribution in [0.5, 0.6) is 0 Å². The van der Waals surface area contributed by atoms with Crippen LogP contribution < -0.4 is 5.32 Å². The summed E-state index contributed by atoms with van der Waals surface area (Å²) in [4.78, 5) is 22.3. The number of rotatable bonds is 5. The summed E-state index contributed by atoms with van der Waals surface area (Å²) in [5.41, 5.74) is 0.627. The van der Waals surface area contributed by atoms with Crippen LogP contribution in [-0.4, -0.2) is 20.6 Å². The third-order valence-corrected chi connectivity index (χ3v) is 3.52. The molecule has 0 atom stereocenters. The summed E-state index contributed by atoms with van der Waals surface area (Å²) in [6.07, 6.45) is 0.00117. The second kappa shape index (κ2) is 6.74. The molecule has 1 aromatic heterocycles. The number of carbonyl (C=O) groups excluding carboxylic acids is 1. The molecule has 7 nitrogen and oxygen atoms in total. The number of nitro groups is 1. The number of hydrogen-bond donors (Lipinski definition) is 1. The Morgan fingerprint density at radius 2 is 2.17 bits per heavy atom. The van der Waals surface area contributed by atoms with Gasteiger partial charge in [-0.25, -0.2) is 4.39 Å². The summed E-state index contributed by atoms with van der Waals surface area (Å²) in [6, 6.07) is 3.93. The summed E-state index contributed by atoms with van der Waals surface area (Å²) in [5, 5.41) is 17.6. The van der Waals surface area contributed by atoms with Crippen LogP contribution in [0.4, 0.5) is 15.8 Å². The first kappa shape index (κ1) is 16.9. The highest BCUT2D eigenvalue weighted by atomic mass is 35.5. The Balaban J connectivity index is 2.02. The molecule has 1 N–H and O–H groups in total. The van der Waals surface area contributed by atoms with Gasteiger partial charge in [0, 0.05) is 11.4 Å². The van der Waals surface area contributed by atoms with Crippen LogP contribution in [0.15, 0.2) is 18.2 Å². The fraction of sp³-hybridized carbons (Fsp3) is 0.286. The predicted molar refractivity (Wildman–Crippen MR) is 83.0 cm³/mol. The van der Waals surface area contributed by atoms with Crippen molar-refractivity contribution in [2.45, 2.75) is 26.8 Å². The van der Waals surface area contributed by atoms with Crippen LogP contribution in [0, 0.1) is 29.8 Å². The lowest BCUT2D eigenvalue weighted by Crippen LogP contribution is -2.16. The van der Waals surface area contributed by atoms with Gasteiger partial charge in [-0.1, -0.05) is 11.6 Å². The van der Waals surface area contributed by atoms with Crippen molar-refractivity contribution < 1.29 is 14.1 Å². The number of hydrogen-bond acceptors (Lipinski definition) is 4. The lowest BCUT2D eigenvalue weighted by molar-refractivity contribution is -0.386. The molecule has 0 aliphatic heterocycles. The number of aromatic nitrogens is 2. The number of carbonyl (C=O) groups is 1. The first-order valence-corrected chi connectivity index (χ1v) is 7.10. The molecule has 0 spiro atoms. The number of benzene rings is 1. The largest absolute Gasteiger partial charge is 0.324 e. The van der Waals surface area contributed by atoms with Crippen molar-refractivity contribution in [3.05, 3.63) is 50.5 Å². The van der Waals surface area contributed by atoms with E-state index in [2.05, 4.69) is 10.4 Å². The third kappa shape index (κ3) is 3.84. The third-order valence-electron chi connectivity index (χ3n) is 3.28. The maximum Gasteiger partial charge on any atom is 0.312 e. The van der Waals surface area contributed by atoms with Crippen molar-refractivity contribution in [1.29, 1.82) is 0 Å². The van der Waals surface area contributed by atoms with Crippen LogP contribution in [0.2, 0.25) is 5.02 Å². The van der Waals surface area contributed by atoms with Gasteiger partial charge in [0.25, 0.3) is 0 Å². The highest BCUT2D eigenvalue weighted by Gasteiger charge is 2.21. The van der Waals surface area contributed by atoms with Crippen LogP contribution in [0.25, 0.3) is 0 Å². The first-order valence-electron chi connectivity index (χ1n) is 6.73. The minimum Gasteiger partial charge on any atom is -0.324 e. The first-order chi connectivity index (χ1) is 10.8. The molecule has 23 heavy (non-hydrogen) atoms. The van der Waals surface area contributed by atoms with Gasteiger partial charge >= 0.3 is 5.69 Å². The number of anilines is 1. The average molecular weight is 341 g/mol. The maximum absolute atomic E-state index is 13.6. The van der Waals surface area contributed by atoms with E-state index in [-0.39, 0.29) is 35.1 Å². The lowest BCUT2D eigenvalue weighted by Gasteiger charge is -2.07. The summed E-state index contributed by atoms with van der Waals surface area (Å²) in [6.45, 7) is 3.25. The zero-order chi connectivity index (χ0) is 17.1. The average Bonchev–Trinajstić information content (AvgIpc) is 2.74.